The molecule has 164 valence electrons. The molecule has 1 saturated heterocycles. The first-order valence-electron chi connectivity index (χ1n) is 11.2. The maximum atomic E-state index is 11.2. The van der Waals surface area contributed by atoms with Gasteiger partial charge in [-0.05, 0) is 47.9 Å². The van der Waals surface area contributed by atoms with Gasteiger partial charge in [0.15, 0.2) is 6.29 Å². The summed E-state index contributed by atoms with van der Waals surface area (Å²) < 4.78 is 5.74. The first-order chi connectivity index (χ1) is 15.6. The Balaban J connectivity index is 1.14. The molecule has 1 atom stereocenters. The molecule has 5 heteroatoms. The highest BCUT2D eigenvalue weighted by atomic mass is 16.6. The van der Waals surface area contributed by atoms with Gasteiger partial charge in [0.1, 0.15) is 5.75 Å². The minimum atomic E-state index is -0.860. The third-order valence-electron chi connectivity index (χ3n) is 6.50. The van der Waals surface area contributed by atoms with E-state index in [9.17, 15) is 10.2 Å². The number of aliphatic hydroxyl groups is 2. The van der Waals surface area contributed by atoms with Crippen LogP contribution < -0.4 is 4.74 Å². The van der Waals surface area contributed by atoms with Crippen molar-refractivity contribution in [1.82, 2.24) is 9.88 Å². The Morgan fingerprint density at radius 3 is 2.44 bits per heavy atom. The second kappa shape index (κ2) is 8.87. The van der Waals surface area contributed by atoms with E-state index in [0.717, 1.165) is 46.9 Å². The Labute approximate surface area is 187 Å². The lowest BCUT2D eigenvalue weighted by atomic mass is 9.85. The third-order valence-corrected chi connectivity index (χ3v) is 6.50. The Kier molecular flexibility index (Phi) is 5.79. The number of aliphatic hydroxyl groups excluding tert-OH is 1. The minimum absolute atomic E-state index is 0.517. The molecule has 5 rings (SSSR count). The van der Waals surface area contributed by atoms with Crippen LogP contribution in [0.15, 0.2) is 79.0 Å². The number of pyridine rings is 1. The lowest BCUT2D eigenvalue weighted by molar-refractivity contribution is -0.0476. The van der Waals surface area contributed by atoms with Gasteiger partial charge >= 0.3 is 0 Å². The quantitative estimate of drug-likeness (QED) is 0.444. The van der Waals surface area contributed by atoms with E-state index in [-0.39, 0.29) is 0 Å². The summed E-state index contributed by atoms with van der Waals surface area (Å²) in [5, 5.41) is 24.9. The first kappa shape index (κ1) is 20.9. The van der Waals surface area contributed by atoms with Crippen LogP contribution in [0.1, 0.15) is 24.8 Å². The van der Waals surface area contributed by atoms with Gasteiger partial charge in [-0.15, -0.1) is 0 Å². The maximum absolute atomic E-state index is 11.2. The topological polar surface area (TPSA) is 65.8 Å². The van der Waals surface area contributed by atoms with E-state index in [1.54, 1.807) is 6.20 Å². The number of benzene rings is 3. The summed E-state index contributed by atoms with van der Waals surface area (Å²) in [5.41, 5.74) is 0.974. The Bertz CT molecular complexity index is 1220. The molecule has 1 unspecified atom stereocenters. The number of hydrogen-bond donors (Lipinski definition) is 2. The van der Waals surface area contributed by atoms with E-state index >= 15 is 0 Å². The average Bonchev–Trinajstić information content (AvgIpc) is 2.83. The van der Waals surface area contributed by atoms with Crippen molar-refractivity contribution in [3.8, 4) is 5.75 Å². The zero-order chi connectivity index (χ0) is 22.0. The molecular weight excluding hydrogens is 400 g/mol. The molecule has 5 nitrogen and oxygen atoms in total. The number of para-hydroxylation sites is 1. The molecule has 1 aliphatic rings. The van der Waals surface area contributed by atoms with Crippen LogP contribution in [0.3, 0.4) is 0 Å². The van der Waals surface area contributed by atoms with E-state index in [1.165, 1.54) is 0 Å². The van der Waals surface area contributed by atoms with Gasteiger partial charge in [0.05, 0.1) is 11.1 Å². The highest BCUT2D eigenvalue weighted by molar-refractivity contribution is 5.83. The van der Waals surface area contributed by atoms with E-state index < -0.39 is 11.9 Å². The highest BCUT2D eigenvalue weighted by Crippen LogP contribution is 2.34. The highest BCUT2D eigenvalue weighted by Gasteiger charge is 2.34. The number of rotatable bonds is 6. The Morgan fingerprint density at radius 2 is 1.62 bits per heavy atom. The van der Waals surface area contributed by atoms with Crippen LogP contribution in [0.5, 0.6) is 5.75 Å². The molecule has 1 aromatic heterocycles. The second-order valence-electron chi connectivity index (χ2n) is 8.66. The van der Waals surface area contributed by atoms with Gasteiger partial charge in [0.25, 0.3) is 0 Å². The molecule has 0 amide bonds. The average molecular weight is 429 g/mol. The van der Waals surface area contributed by atoms with E-state index in [4.69, 9.17) is 4.74 Å². The largest absolute Gasteiger partial charge is 0.465 e. The third kappa shape index (κ3) is 4.46. The second-order valence-corrected chi connectivity index (χ2v) is 8.66. The maximum Gasteiger partial charge on any atom is 0.198 e. The number of hydrogen-bond acceptors (Lipinski definition) is 5. The van der Waals surface area contributed by atoms with Crippen LogP contribution >= 0.6 is 0 Å². The molecule has 1 aliphatic heterocycles. The monoisotopic (exact) mass is 428 g/mol. The lowest BCUT2D eigenvalue weighted by Gasteiger charge is -2.38. The van der Waals surface area contributed by atoms with E-state index in [0.29, 0.717) is 25.0 Å². The van der Waals surface area contributed by atoms with Crippen molar-refractivity contribution in [2.45, 2.75) is 31.2 Å². The molecule has 3 aromatic carbocycles. The minimum Gasteiger partial charge on any atom is -0.465 e. The molecule has 0 spiro atoms. The summed E-state index contributed by atoms with van der Waals surface area (Å²) in [6, 6.07) is 24.0. The van der Waals surface area contributed by atoms with Crippen molar-refractivity contribution in [2.24, 2.45) is 0 Å². The number of nitrogens with zero attached hydrogens (tertiary/aromatic N) is 2. The molecular formula is C27H28N2O3. The van der Waals surface area contributed by atoms with Crippen LogP contribution in [0.25, 0.3) is 21.7 Å². The van der Waals surface area contributed by atoms with Crippen LogP contribution in [0.2, 0.25) is 0 Å². The van der Waals surface area contributed by atoms with Crippen molar-refractivity contribution in [3.05, 3.63) is 84.6 Å². The van der Waals surface area contributed by atoms with Crippen LogP contribution in [-0.2, 0) is 5.60 Å². The number of piperidine rings is 1. The molecule has 0 bridgehead atoms. The van der Waals surface area contributed by atoms with Crippen molar-refractivity contribution >= 4 is 21.7 Å². The number of ether oxygens (including phenoxy) is 1. The zero-order valence-electron chi connectivity index (χ0n) is 18.0. The van der Waals surface area contributed by atoms with Crippen molar-refractivity contribution in [1.29, 1.82) is 0 Å². The SMILES string of the molecule is OC(CCN1CCC(O)(c2cnc3ccccc3c2)CC1)Oc1ccc2ccccc2c1. The fourth-order valence-electron chi connectivity index (χ4n) is 4.51. The fourth-order valence-corrected chi connectivity index (χ4v) is 4.51. The van der Waals surface area contributed by atoms with E-state index in [1.807, 2.05) is 60.7 Å². The molecule has 2 N–H and O–H groups in total. The molecule has 0 aliphatic carbocycles. The first-order valence-corrected chi connectivity index (χ1v) is 11.2. The van der Waals surface area contributed by atoms with Crippen LogP contribution in [-0.4, -0.2) is 46.0 Å². The van der Waals surface area contributed by atoms with Gasteiger partial charge in [-0.3, -0.25) is 4.98 Å². The Hall–Kier alpha value is -2.99. The summed E-state index contributed by atoms with van der Waals surface area (Å²) in [4.78, 5) is 6.79. The summed E-state index contributed by atoms with van der Waals surface area (Å²) >= 11 is 0. The predicted molar refractivity (Wildman–Crippen MR) is 127 cm³/mol. The molecule has 1 fully saturated rings. The van der Waals surface area contributed by atoms with Crippen molar-refractivity contribution in [3.63, 3.8) is 0 Å². The van der Waals surface area contributed by atoms with Crippen LogP contribution in [0.4, 0.5) is 0 Å². The van der Waals surface area contributed by atoms with Gasteiger partial charge in [-0.1, -0.05) is 48.5 Å². The van der Waals surface area contributed by atoms with Gasteiger partial charge in [-0.25, -0.2) is 0 Å². The number of fused-ring (bicyclic) bond motifs is 2. The van der Waals surface area contributed by atoms with E-state index in [2.05, 4.69) is 22.0 Å². The number of likely N-dealkylation sites (tertiary alicyclic amines) is 1. The normalized spacial score (nSPS) is 17.4. The summed E-state index contributed by atoms with van der Waals surface area (Å²) in [6.45, 7) is 2.26. The molecule has 0 saturated carbocycles. The van der Waals surface area contributed by atoms with Crippen molar-refractivity contribution in [2.75, 3.05) is 19.6 Å². The van der Waals surface area contributed by atoms with Crippen LogP contribution in [0, 0.1) is 0 Å². The molecule has 0 radical (unpaired) electrons. The Morgan fingerprint density at radius 1 is 0.906 bits per heavy atom. The van der Waals surface area contributed by atoms with Gasteiger partial charge in [0, 0.05) is 43.2 Å². The van der Waals surface area contributed by atoms with Crippen molar-refractivity contribution < 1.29 is 14.9 Å². The molecule has 2 heterocycles. The predicted octanol–water partition coefficient (Wildman–Crippen LogP) is 4.46. The van der Waals surface area contributed by atoms with Gasteiger partial charge in [-0.2, -0.15) is 0 Å². The zero-order valence-corrected chi connectivity index (χ0v) is 18.0. The molecule has 32 heavy (non-hydrogen) atoms. The van der Waals surface area contributed by atoms with Gasteiger partial charge < -0.3 is 19.8 Å². The molecule has 4 aromatic rings. The number of aromatic nitrogens is 1. The smallest absolute Gasteiger partial charge is 0.198 e. The lowest BCUT2D eigenvalue weighted by Crippen LogP contribution is -2.43. The van der Waals surface area contributed by atoms with Gasteiger partial charge in [0.2, 0.25) is 0 Å². The summed E-state index contributed by atoms with van der Waals surface area (Å²) in [6.07, 6.45) is 2.76. The fraction of sp³-hybridized carbons (Fsp3) is 0.296. The summed E-state index contributed by atoms with van der Waals surface area (Å²) in [5.74, 6) is 0.674. The standard InChI is InChI=1S/C27H28N2O3/c30-26(32-24-10-9-20-5-1-2-6-21(20)18-24)11-14-29-15-12-27(31,13-16-29)23-17-22-7-3-4-8-25(22)28-19-23/h1-10,17-19,26,30-31H,11-16H2. The summed E-state index contributed by atoms with van der Waals surface area (Å²) in [7, 11) is 0.